The average molecular weight is 529 g/mol. The molecule has 1 amide bonds. The zero-order valence-corrected chi connectivity index (χ0v) is 22.2. The zero-order chi connectivity index (χ0) is 27.9. The molecule has 202 valence electrons. The molecule has 0 bridgehead atoms. The predicted octanol–water partition coefficient (Wildman–Crippen LogP) is 4.86. The number of nitrogens with zero attached hydrogens (tertiary/aromatic N) is 3. The lowest BCUT2D eigenvalue weighted by Crippen LogP contribution is -2.41. The van der Waals surface area contributed by atoms with Crippen molar-refractivity contribution in [2.24, 2.45) is 0 Å². The molecular formula is C26H31BF3N5O3. The van der Waals surface area contributed by atoms with E-state index in [0.29, 0.717) is 17.3 Å². The van der Waals surface area contributed by atoms with Crippen molar-refractivity contribution in [3.8, 4) is 11.4 Å². The number of carbonyl (C=O) groups excluding carboxylic acids is 1. The van der Waals surface area contributed by atoms with Gasteiger partial charge in [-0.05, 0) is 71.3 Å². The van der Waals surface area contributed by atoms with Crippen molar-refractivity contribution in [3.05, 3.63) is 54.1 Å². The number of hydrogen-bond donors (Lipinski definition) is 2. The van der Waals surface area contributed by atoms with Gasteiger partial charge in [0.05, 0.1) is 17.2 Å². The van der Waals surface area contributed by atoms with Gasteiger partial charge >= 0.3 is 13.3 Å². The van der Waals surface area contributed by atoms with Crippen LogP contribution in [0.3, 0.4) is 0 Å². The molecular weight excluding hydrogens is 498 g/mol. The Morgan fingerprint density at radius 1 is 1.00 bits per heavy atom. The maximum Gasteiger partial charge on any atom is 0.494 e. The van der Waals surface area contributed by atoms with Gasteiger partial charge in [0.1, 0.15) is 6.54 Å². The molecule has 0 atom stereocenters. The predicted molar refractivity (Wildman–Crippen MR) is 140 cm³/mol. The number of benzene rings is 2. The summed E-state index contributed by atoms with van der Waals surface area (Å²) in [4.78, 5) is 16.6. The van der Waals surface area contributed by atoms with E-state index in [1.807, 2.05) is 71.1 Å². The van der Waals surface area contributed by atoms with Gasteiger partial charge < -0.3 is 19.9 Å². The Labute approximate surface area is 220 Å². The Kier molecular flexibility index (Phi) is 7.33. The minimum absolute atomic E-state index is 0.00445. The Balaban J connectivity index is 1.48. The maximum atomic E-state index is 12.4. The van der Waals surface area contributed by atoms with Gasteiger partial charge in [0.2, 0.25) is 5.95 Å². The summed E-state index contributed by atoms with van der Waals surface area (Å²) in [6, 6.07) is 13.8. The minimum Gasteiger partial charge on any atom is -0.399 e. The van der Waals surface area contributed by atoms with Crippen molar-refractivity contribution >= 4 is 30.1 Å². The monoisotopic (exact) mass is 529 g/mol. The SMILES string of the molecule is CC(C)n1nc(-c2ccc(C(=O)NCC(F)(F)F)cc2)nc1Nc1ccc(B2OC(C)(C)C(C)(C)O2)cc1. The van der Waals surface area contributed by atoms with Crippen LogP contribution in [-0.2, 0) is 9.31 Å². The molecule has 0 saturated carbocycles. The van der Waals surface area contributed by atoms with Crippen LogP contribution in [0.15, 0.2) is 48.5 Å². The lowest BCUT2D eigenvalue weighted by Gasteiger charge is -2.32. The Morgan fingerprint density at radius 3 is 2.11 bits per heavy atom. The topological polar surface area (TPSA) is 90.3 Å². The number of rotatable bonds is 7. The summed E-state index contributed by atoms with van der Waals surface area (Å²) >= 11 is 0. The molecule has 8 nitrogen and oxygen atoms in total. The number of halogens is 3. The standard InChI is InChI=1S/C26H31BF3N5O3/c1-16(2)35-23(32-20-13-11-19(12-14-20)27-37-24(3,4)25(5,6)38-27)33-21(34-35)17-7-9-18(10-8-17)22(36)31-15-26(28,29)30/h7-14,16H,15H2,1-6H3,(H,31,36)(H,32,33,34). The second kappa shape index (κ2) is 10.1. The Bertz CT molecular complexity index is 1270. The summed E-state index contributed by atoms with van der Waals surface area (Å²) in [5.74, 6) is 0.128. The third kappa shape index (κ3) is 6.02. The fourth-order valence-electron chi connectivity index (χ4n) is 3.78. The number of amides is 1. The molecule has 1 aliphatic rings. The summed E-state index contributed by atoms with van der Waals surface area (Å²) in [5.41, 5.74) is 1.58. The molecule has 2 heterocycles. The van der Waals surface area contributed by atoms with E-state index >= 15 is 0 Å². The minimum atomic E-state index is -4.47. The Hall–Kier alpha value is -3.38. The first kappa shape index (κ1) is 27.7. The van der Waals surface area contributed by atoms with Crippen LogP contribution in [-0.4, -0.2) is 51.7 Å². The van der Waals surface area contributed by atoms with E-state index in [4.69, 9.17) is 9.31 Å². The molecule has 3 aromatic rings. The van der Waals surface area contributed by atoms with Crippen LogP contribution in [0, 0.1) is 0 Å². The number of anilines is 2. The van der Waals surface area contributed by atoms with Gasteiger partial charge in [-0.2, -0.15) is 18.2 Å². The molecule has 2 N–H and O–H groups in total. The highest BCUT2D eigenvalue weighted by molar-refractivity contribution is 6.62. The van der Waals surface area contributed by atoms with Crippen LogP contribution in [0.1, 0.15) is 57.9 Å². The van der Waals surface area contributed by atoms with E-state index in [1.165, 1.54) is 12.1 Å². The first-order valence-corrected chi connectivity index (χ1v) is 12.3. The van der Waals surface area contributed by atoms with Crippen LogP contribution < -0.4 is 16.1 Å². The van der Waals surface area contributed by atoms with E-state index in [1.54, 1.807) is 16.8 Å². The van der Waals surface area contributed by atoms with E-state index in [-0.39, 0.29) is 11.6 Å². The summed E-state index contributed by atoms with van der Waals surface area (Å²) in [5, 5.41) is 9.74. The first-order chi connectivity index (χ1) is 17.6. The van der Waals surface area contributed by atoms with Crippen LogP contribution in [0.25, 0.3) is 11.4 Å². The third-order valence-corrected chi connectivity index (χ3v) is 6.67. The summed E-state index contributed by atoms with van der Waals surface area (Å²) in [7, 11) is -0.460. The molecule has 0 unspecified atom stereocenters. The summed E-state index contributed by atoms with van der Waals surface area (Å²) in [6.45, 7) is 10.6. The molecule has 1 aliphatic heterocycles. The molecule has 1 fully saturated rings. The van der Waals surface area contributed by atoms with Crippen molar-refractivity contribution in [3.63, 3.8) is 0 Å². The Morgan fingerprint density at radius 2 is 1.58 bits per heavy atom. The van der Waals surface area contributed by atoms with Crippen molar-refractivity contribution in [2.45, 2.75) is 65.0 Å². The smallest absolute Gasteiger partial charge is 0.399 e. The fraction of sp³-hybridized carbons (Fsp3) is 0.423. The van der Waals surface area contributed by atoms with Crippen LogP contribution in [0.4, 0.5) is 24.8 Å². The molecule has 4 rings (SSSR count). The highest BCUT2D eigenvalue weighted by Gasteiger charge is 2.51. The van der Waals surface area contributed by atoms with Crippen molar-refractivity contribution in [1.29, 1.82) is 0 Å². The lowest BCUT2D eigenvalue weighted by atomic mass is 9.79. The van der Waals surface area contributed by atoms with E-state index < -0.39 is 36.9 Å². The molecule has 1 aromatic heterocycles. The maximum absolute atomic E-state index is 12.4. The number of alkyl halides is 3. The van der Waals surface area contributed by atoms with E-state index in [0.717, 1.165) is 11.2 Å². The van der Waals surface area contributed by atoms with Gasteiger partial charge in [-0.25, -0.2) is 4.68 Å². The van der Waals surface area contributed by atoms with Gasteiger partial charge in [-0.1, -0.05) is 24.3 Å². The lowest BCUT2D eigenvalue weighted by molar-refractivity contribution is -0.123. The highest BCUT2D eigenvalue weighted by Crippen LogP contribution is 2.36. The van der Waals surface area contributed by atoms with Crippen LogP contribution in [0.2, 0.25) is 0 Å². The normalized spacial score (nSPS) is 16.6. The molecule has 12 heteroatoms. The molecule has 0 radical (unpaired) electrons. The molecule has 38 heavy (non-hydrogen) atoms. The summed E-state index contributed by atoms with van der Waals surface area (Å²) < 4.78 is 51.1. The fourth-order valence-corrected chi connectivity index (χ4v) is 3.78. The molecule has 1 saturated heterocycles. The number of aromatic nitrogens is 3. The number of hydrogen-bond acceptors (Lipinski definition) is 6. The van der Waals surface area contributed by atoms with Crippen LogP contribution in [0.5, 0.6) is 0 Å². The number of carbonyl (C=O) groups is 1. The van der Waals surface area contributed by atoms with E-state index in [9.17, 15) is 18.0 Å². The van der Waals surface area contributed by atoms with Gasteiger partial charge in [0.25, 0.3) is 5.91 Å². The quantitative estimate of drug-likeness (QED) is 0.425. The summed E-state index contributed by atoms with van der Waals surface area (Å²) in [6.07, 6.45) is -4.47. The molecule has 0 aliphatic carbocycles. The second-order valence-electron chi connectivity index (χ2n) is 10.5. The third-order valence-electron chi connectivity index (χ3n) is 6.67. The van der Waals surface area contributed by atoms with Gasteiger partial charge in [-0.15, -0.1) is 5.10 Å². The van der Waals surface area contributed by atoms with Crippen molar-refractivity contribution < 1.29 is 27.3 Å². The van der Waals surface area contributed by atoms with Crippen LogP contribution >= 0.6 is 0 Å². The number of nitrogens with one attached hydrogen (secondary N) is 2. The molecule has 2 aromatic carbocycles. The first-order valence-electron chi connectivity index (χ1n) is 12.3. The van der Waals surface area contributed by atoms with E-state index in [2.05, 4.69) is 15.4 Å². The van der Waals surface area contributed by atoms with Crippen molar-refractivity contribution in [2.75, 3.05) is 11.9 Å². The highest BCUT2D eigenvalue weighted by atomic mass is 19.4. The van der Waals surface area contributed by atoms with Gasteiger partial charge in [0.15, 0.2) is 5.82 Å². The average Bonchev–Trinajstić information content (AvgIpc) is 3.35. The second-order valence-corrected chi connectivity index (χ2v) is 10.5. The van der Waals surface area contributed by atoms with Gasteiger partial charge in [-0.3, -0.25) is 4.79 Å². The van der Waals surface area contributed by atoms with Gasteiger partial charge in [0, 0.05) is 16.8 Å². The molecule has 0 spiro atoms. The zero-order valence-electron chi connectivity index (χ0n) is 22.2. The largest absolute Gasteiger partial charge is 0.494 e. The van der Waals surface area contributed by atoms with Crippen molar-refractivity contribution in [1.82, 2.24) is 20.1 Å².